The fourth-order valence-corrected chi connectivity index (χ4v) is 2.13. The van der Waals surface area contributed by atoms with Crippen LogP contribution in [0, 0.1) is 13.8 Å². The molecule has 22 heavy (non-hydrogen) atoms. The molecule has 0 heterocycles. The third kappa shape index (κ3) is 6.62. The summed E-state index contributed by atoms with van der Waals surface area (Å²) >= 11 is 0. The topological polar surface area (TPSA) is 20.2 Å². The maximum absolute atomic E-state index is 8.94. The van der Waals surface area contributed by atoms with Gasteiger partial charge in [0.05, 0.1) is 0 Å². The number of hydrogen-bond donors (Lipinski definition) is 1. The van der Waals surface area contributed by atoms with Gasteiger partial charge in [-0.3, -0.25) is 0 Å². The molecule has 0 amide bonds. The van der Waals surface area contributed by atoms with E-state index in [1.165, 1.54) is 42.4 Å². The molecule has 1 heteroatoms. The molecule has 2 aromatic rings. The second-order valence-electron chi connectivity index (χ2n) is 5.67. The molecule has 2 aromatic carbocycles. The van der Waals surface area contributed by atoms with Crippen LogP contribution in [0.3, 0.4) is 0 Å². The molecule has 0 radical (unpaired) electrons. The molecule has 0 spiro atoms. The van der Waals surface area contributed by atoms with Gasteiger partial charge in [-0.2, -0.15) is 0 Å². The maximum atomic E-state index is 8.94. The molecule has 2 rings (SSSR count). The molecule has 0 aromatic heterocycles. The fourth-order valence-electron chi connectivity index (χ4n) is 2.13. The zero-order valence-corrected chi connectivity index (χ0v) is 14.1. The molecule has 1 nitrogen and oxygen atoms in total. The average Bonchev–Trinajstić information content (AvgIpc) is 2.53. The summed E-state index contributed by atoms with van der Waals surface area (Å²) in [6.45, 7) is 9.98. The van der Waals surface area contributed by atoms with Crippen LogP contribution in [0.5, 0.6) is 5.75 Å². The highest BCUT2D eigenvalue weighted by atomic mass is 16.3. The van der Waals surface area contributed by atoms with Crippen LogP contribution in [0.2, 0.25) is 0 Å². The summed E-state index contributed by atoms with van der Waals surface area (Å²) in [7, 11) is 0. The third-order valence-corrected chi connectivity index (χ3v) is 3.77. The van der Waals surface area contributed by atoms with Crippen LogP contribution in [0.15, 0.2) is 49.0 Å². The number of unbranched alkanes of at least 4 members (excludes halogenated alkanes) is 2. The number of phenolic OH excluding ortho intramolecular Hbond substituents is 1. The Morgan fingerprint density at radius 3 is 2.14 bits per heavy atom. The normalized spacial score (nSPS) is 9.77. The molecule has 0 aliphatic heterocycles. The summed E-state index contributed by atoms with van der Waals surface area (Å²) in [5.74, 6) is 0.345. The smallest absolute Gasteiger partial charge is 0.115 e. The quantitative estimate of drug-likeness (QED) is 0.664. The molecule has 0 unspecified atom stereocenters. The summed E-state index contributed by atoms with van der Waals surface area (Å²) in [4.78, 5) is 0. The number of benzene rings is 2. The van der Waals surface area contributed by atoms with Crippen LogP contribution in [-0.2, 0) is 6.42 Å². The highest BCUT2D eigenvalue weighted by molar-refractivity contribution is 5.47. The first-order chi connectivity index (χ1) is 10.6. The van der Waals surface area contributed by atoms with Crippen molar-refractivity contribution in [3.8, 4) is 5.75 Å². The van der Waals surface area contributed by atoms with Crippen molar-refractivity contribution in [2.75, 3.05) is 0 Å². The average molecular weight is 296 g/mol. The van der Waals surface area contributed by atoms with E-state index in [1.54, 1.807) is 12.1 Å². The first-order valence-corrected chi connectivity index (χ1v) is 8.04. The van der Waals surface area contributed by atoms with Crippen molar-refractivity contribution in [1.29, 1.82) is 0 Å². The summed E-state index contributed by atoms with van der Waals surface area (Å²) in [5, 5.41) is 8.94. The summed E-state index contributed by atoms with van der Waals surface area (Å²) in [5.41, 5.74) is 5.00. The Balaban J connectivity index is 0.000000235. The van der Waals surface area contributed by atoms with E-state index >= 15 is 0 Å². The van der Waals surface area contributed by atoms with Crippen LogP contribution >= 0.6 is 0 Å². The van der Waals surface area contributed by atoms with Crippen LogP contribution in [0.25, 0.3) is 6.08 Å². The van der Waals surface area contributed by atoms with Crippen LogP contribution in [-0.4, -0.2) is 5.11 Å². The first-order valence-electron chi connectivity index (χ1n) is 8.04. The first kappa shape index (κ1) is 18.0. The van der Waals surface area contributed by atoms with Crippen molar-refractivity contribution in [2.24, 2.45) is 0 Å². The predicted octanol–water partition coefficient (Wildman–Crippen LogP) is 6.07. The summed E-state index contributed by atoms with van der Waals surface area (Å²) in [6, 6.07) is 14.0. The molecule has 0 fully saturated rings. The lowest BCUT2D eigenvalue weighted by Crippen LogP contribution is -1.84. The molecule has 0 atom stereocenters. The predicted molar refractivity (Wildman–Crippen MR) is 97.3 cm³/mol. The Kier molecular flexibility index (Phi) is 8.06. The summed E-state index contributed by atoms with van der Waals surface area (Å²) < 4.78 is 0. The van der Waals surface area contributed by atoms with Gasteiger partial charge in [-0.1, -0.05) is 62.8 Å². The minimum Gasteiger partial charge on any atom is -0.508 e. The van der Waals surface area contributed by atoms with Gasteiger partial charge in [0.25, 0.3) is 0 Å². The van der Waals surface area contributed by atoms with E-state index in [9.17, 15) is 0 Å². The van der Waals surface area contributed by atoms with Gasteiger partial charge in [0.1, 0.15) is 5.75 Å². The van der Waals surface area contributed by atoms with Crippen molar-refractivity contribution in [2.45, 2.75) is 46.5 Å². The van der Waals surface area contributed by atoms with Gasteiger partial charge >= 0.3 is 0 Å². The van der Waals surface area contributed by atoms with Crippen molar-refractivity contribution in [3.63, 3.8) is 0 Å². The lowest BCUT2D eigenvalue weighted by molar-refractivity contribution is 0.474. The van der Waals surface area contributed by atoms with E-state index in [0.717, 1.165) is 5.56 Å². The standard InChI is InChI=1S/C13H18.C8H10O/c1-3-5-6-7-13-10-8-12(4-2)9-11-13;1-6-3-4-8(9)5-7(6)2/h4,8-11H,2-3,5-7H2,1H3;3-5,9H,1-2H3. The van der Waals surface area contributed by atoms with Crippen molar-refractivity contribution >= 4 is 6.08 Å². The van der Waals surface area contributed by atoms with Gasteiger partial charge in [0, 0.05) is 0 Å². The molecular formula is C21H28O. The Labute approximate surface area is 135 Å². The van der Waals surface area contributed by atoms with Gasteiger partial charge in [-0.05, 0) is 61.1 Å². The molecule has 0 saturated carbocycles. The zero-order valence-electron chi connectivity index (χ0n) is 14.1. The molecule has 0 bridgehead atoms. The van der Waals surface area contributed by atoms with E-state index in [4.69, 9.17) is 5.11 Å². The molecular weight excluding hydrogens is 268 g/mol. The Bertz CT molecular complexity index is 567. The monoisotopic (exact) mass is 296 g/mol. The van der Waals surface area contributed by atoms with Gasteiger partial charge in [-0.25, -0.2) is 0 Å². The van der Waals surface area contributed by atoms with E-state index in [-0.39, 0.29) is 0 Å². The molecule has 1 N–H and O–H groups in total. The van der Waals surface area contributed by atoms with E-state index in [1.807, 2.05) is 26.0 Å². The highest BCUT2D eigenvalue weighted by Gasteiger charge is 1.92. The van der Waals surface area contributed by atoms with E-state index in [0.29, 0.717) is 5.75 Å². The second kappa shape index (κ2) is 9.83. The fraction of sp³-hybridized carbons (Fsp3) is 0.333. The van der Waals surface area contributed by atoms with Crippen molar-refractivity contribution in [1.82, 2.24) is 0 Å². The van der Waals surface area contributed by atoms with Crippen LogP contribution in [0.4, 0.5) is 0 Å². The van der Waals surface area contributed by atoms with Crippen LogP contribution in [0.1, 0.15) is 48.4 Å². The number of phenols is 1. The SMILES string of the molecule is C=Cc1ccc(CCCCC)cc1.Cc1ccc(O)cc1C. The number of hydrogen-bond acceptors (Lipinski definition) is 1. The Morgan fingerprint density at radius 1 is 0.955 bits per heavy atom. The third-order valence-electron chi connectivity index (χ3n) is 3.77. The minimum absolute atomic E-state index is 0.345. The number of aryl methyl sites for hydroxylation is 3. The highest BCUT2D eigenvalue weighted by Crippen LogP contribution is 2.13. The molecule has 118 valence electrons. The lowest BCUT2D eigenvalue weighted by Gasteiger charge is -2.00. The summed E-state index contributed by atoms with van der Waals surface area (Å²) in [6.07, 6.45) is 7.04. The minimum atomic E-state index is 0.345. The van der Waals surface area contributed by atoms with E-state index in [2.05, 4.69) is 37.8 Å². The lowest BCUT2D eigenvalue weighted by atomic mass is 10.1. The number of aromatic hydroxyl groups is 1. The van der Waals surface area contributed by atoms with Gasteiger partial charge in [0.15, 0.2) is 0 Å². The molecule has 0 aliphatic rings. The van der Waals surface area contributed by atoms with Gasteiger partial charge < -0.3 is 5.11 Å². The van der Waals surface area contributed by atoms with E-state index < -0.39 is 0 Å². The largest absolute Gasteiger partial charge is 0.508 e. The van der Waals surface area contributed by atoms with Crippen molar-refractivity contribution in [3.05, 3.63) is 71.3 Å². The maximum Gasteiger partial charge on any atom is 0.115 e. The van der Waals surface area contributed by atoms with Crippen LogP contribution < -0.4 is 0 Å². The van der Waals surface area contributed by atoms with Crippen molar-refractivity contribution < 1.29 is 5.11 Å². The Hall–Kier alpha value is -2.02. The zero-order chi connectivity index (χ0) is 16.4. The number of rotatable bonds is 5. The van der Waals surface area contributed by atoms with Gasteiger partial charge in [-0.15, -0.1) is 0 Å². The Morgan fingerprint density at radius 2 is 1.64 bits per heavy atom. The van der Waals surface area contributed by atoms with Gasteiger partial charge in [0.2, 0.25) is 0 Å². The molecule has 0 saturated heterocycles. The molecule has 0 aliphatic carbocycles. The second-order valence-corrected chi connectivity index (χ2v) is 5.67.